The smallest absolute Gasteiger partial charge is 0.323 e. The highest BCUT2D eigenvalue weighted by Crippen LogP contribution is 2.35. The lowest BCUT2D eigenvalue weighted by atomic mass is 10.00. The van der Waals surface area contributed by atoms with Gasteiger partial charge in [-0.15, -0.1) is 10.2 Å². The summed E-state index contributed by atoms with van der Waals surface area (Å²) in [5, 5.41) is 13.4. The second-order valence-corrected chi connectivity index (χ2v) is 7.41. The first-order chi connectivity index (χ1) is 15.1. The van der Waals surface area contributed by atoms with Crippen LogP contribution in [0.5, 0.6) is 0 Å². The molecule has 4 rings (SSSR count). The van der Waals surface area contributed by atoms with E-state index in [0.717, 1.165) is 10.7 Å². The molecule has 0 saturated heterocycles. The number of pyridine rings is 1. The summed E-state index contributed by atoms with van der Waals surface area (Å²) in [6.07, 6.45) is -1.91. The zero-order valence-electron chi connectivity index (χ0n) is 16.8. The number of nitrogens with one attached hydrogen (secondary N) is 1. The van der Waals surface area contributed by atoms with Gasteiger partial charge in [0.2, 0.25) is 5.91 Å². The van der Waals surface area contributed by atoms with Crippen LogP contribution in [0.3, 0.4) is 0 Å². The van der Waals surface area contributed by atoms with E-state index in [2.05, 4.69) is 20.6 Å². The van der Waals surface area contributed by atoms with Crippen LogP contribution in [0.2, 0.25) is 0 Å². The quantitative estimate of drug-likeness (QED) is 0.483. The number of fused-ring (bicyclic) bond motifs is 2. The van der Waals surface area contributed by atoms with Gasteiger partial charge in [-0.1, -0.05) is 13.8 Å². The van der Waals surface area contributed by atoms with Crippen LogP contribution in [0.4, 0.5) is 23.2 Å². The van der Waals surface area contributed by atoms with Gasteiger partial charge in [0.1, 0.15) is 18.7 Å². The Bertz CT molecular complexity index is 1410. The van der Waals surface area contributed by atoms with E-state index < -0.39 is 46.9 Å². The van der Waals surface area contributed by atoms with E-state index in [0.29, 0.717) is 17.4 Å². The molecule has 4 aromatic rings. The number of amides is 1. The van der Waals surface area contributed by atoms with Crippen molar-refractivity contribution in [3.05, 3.63) is 64.2 Å². The number of benzene rings is 1. The molecule has 3 heterocycles. The molecule has 0 radical (unpaired) electrons. The molecule has 3 aromatic heterocycles. The average molecular weight is 448 g/mol. The van der Waals surface area contributed by atoms with E-state index in [9.17, 15) is 27.2 Å². The maximum atomic E-state index is 14.7. The summed E-state index contributed by atoms with van der Waals surface area (Å²) in [7, 11) is 0. The number of alkyl halides is 3. The minimum Gasteiger partial charge on any atom is -0.323 e. The van der Waals surface area contributed by atoms with Crippen molar-refractivity contribution < 1.29 is 22.4 Å². The summed E-state index contributed by atoms with van der Waals surface area (Å²) < 4.78 is 56.6. The summed E-state index contributed by atoms with van der Waals surface area (Å²) in [5.74, 6) is -2.67. The van der Waals surface area contributed by atoms with Crippen molar-refractivity contribution in [1.82, 2.24) is 24.4 Å². The van der Waals surface area contributed by atoms with Gasteiger partial charge in [-0.25, -0.2) is 9.07 Å². The number of anilines is 1. The van der Waals surface area contributed by atoms with Gasteiger partial charge in [-0.3, -0.25) is 14.0 Å². The molecule has 8 nitrogen and oxygen atoms in total. The molecule has 1 aromatic carbocycles. The van der Waals surface area contributed by atoms with E-state index in [1.54, 1.807) is 36.6 Å². The third-order valence-corrected chi connectivity index (χ3v) is 4.81. The van der Waals surface area contributed by atoms with Gasteiger partial charge in [0, 0.05) is 11.6 Å². The summed E-state index contributed by atoms with van der Waals surface area (Å²) >= 11 is 0. The van der Waals surface area contributed by atoms with Gasteiger partial charge in [0.25, 0.3) is 5.56 Å². The van der Waals surface area contributed by atoms with E-state index in [-0.39, 0.29) is 11.1 Å². The summed E-state index contributed by atoms with van der Waals surface area (Å²) in [6, 6.07) is 4.64. The van der Waals surface area contributed by atoms with Gasteiger partial charge in [-0.05, 0) is 30.2 Å². The van der Waals surface area contributed by atoms with E-state index in [1.165, 1.54) is 6.33 Å². The predicted octanol–water partition coefficient (Wildman–Crippen LogP) is 3.36. The Balaban J connectivity index is 1.73. The third-order valence-electron chi connectivity index (χ3n) is 4.81. The zero-order valence-corrected chi connectivity index (χ0v) is 16.8. The SMILES string of the molecule is CC(C)c1nn(CC(=O)Nc2ccc3nncn3c2)c(=O)c2ccc(C(F)(F)F)c(F)c12. The lowest BCUT2D eigenvalue weighted by Gasteiger charge is -2.16. The minimum absolute atomic E-state index is 0.0538. The monoisotopic (exact) mass is 448 g/mol. The van der Waals surface area contributed by atoms with Gasteiger partial charge in [-0.2, -0.15) is 18.3 Å². The van der Waals surface area contributed by atoms with E-state index in [4.69, 9.17) is 0 Å². The first-order valence-electron chi connectivity index (χ1n) is 9.46. The van der Waals surface area contributed by atoms with E-state index in [1.807, 2.05) is 0 Å². The van der Waals surface area contributed by atoms with Crippen LogP contribution >= 0.6 is 0 Å². The molecule has 0 aliphatic heterocycles. The Morgan fingerprint density at radius 2 is 1.94 bits per heavy atom. The highest BCUT2D eigenvalue weighted by atomic mass is 19.4. The van der Waals surface area contributed by atoms with Crippen molar-refractivity contribution in [3.8, 4) is 0 Å². The normalized spacial score (nSPS) is 12.1. The molecular formula is C20H16F4N6O2. The number of rotatable bonds is 4. The minimum atomic E-state index is -4.92. The Kier molecular flexibility index (Phi) is 5.15. The first-order valence-corrected chi connectivity index (χ1v) is 9.46. The van der Waals surface area contributed by atoms with Gasteiger partial charge < -0.3 is 5.32 Å². The van der Waals surface area contributed by atoms with Crippen molar-refractivity contribution in [1.29, 1.82) is 0 Å². The first kappa shape index (κ1) is 21.4. The summed E-state index contributed by atoms with van der Waals surface area (Å²) in [4.78, 5) is 25.3. The fourth-order valence-corrected chi connectivity index (χ4v) is 3.34. The standard InChI is InChI=1S/C20H16F4N6O2/c1-10(2)18-16-12(4-5-13(17(16)21)20(22,23)24)19(32)30(28-18)8-15(31)26-11-3-6-14-27-25-9-29(14)7-11/h3-7,9-10H,8H2,1-2H3,(H,26,31). The molecule has 32 heavy (non-hydrogen) atoms. The maximum Gasteiger partial charge on any atom is 0.419 e. The Labute approximate surface area is 177 Å². The van der Waals surface area contributed by atoms with Crippen LogP contribution in [-0.2, 0) is 17.5 Å². The number of aromatic nitrogens is 5. The van der Waals surface area contributed by atoms with Crippen molar-refractivity contribution in [2.75, 3.05) is 5.32 Å². The van der Waals surface area contributed by atoms with Crippen molar-refractivity contribution in [3.63, 3.8) is 0 Å². The number of carbonyl (C=O) groups is 1. The fraction of sp³-hybridized carbons (Fsp3) is 0.250. The highest BCUT2D eigenvalue weighted by Gasteiger charge is 2.36. The van der Waals surface area contributed by atoms with Crippen molar-refractivity contribution in [2.24, 2.45) is 0 Å². The second kappa shape index (κ2) is 7.70. The number of hydrogen-bond donors (Lipinski definition) is 1. The fourth-order valence-electron chi connectivity index (χ4n) is 3.34. The molecule has 0 saturated carbocycles. The van der Waals surface area contributed by atoms with Crippen LogP contribution in [0.25, 0.3) is 16.4 Å². The molecule has 0 atom stereocenters. The molecule has 0 bridgehead atoms. The molecule has 166 valence electrons. The average Bonchev–Trinajstić information content (AvgIpc) is 3.17. The molecule has 0 spiro atoms. The Hall–Kier alpha value is -3.83. The predicted molar refractivity (Wildman–Crippen MR) is 107 cm³/mol. The van der Waals surface area contributed by atoms with Gasteiger partial charge >= 0.3 is 6.18 Å². The summed E-state index contributed by atoms with van der Waals surface area (Å²) in [5.41, 5.74) is -1.44. The zero-order chi connectivity index (χ0) is 23.2. The molecule has 12 heteroatoms. The lowest BCUT2D eigenvalue weighted by Crippen LogP contribution is -2.31. The number of hydrogen-bond acceptors (Lipinski definition) is 5. The van der Waals surface area contributed by atoms with Crippen LogP contribution in [0.1, 0.15) is 31.0 Å². The van der Waals surface area contributed by atoms with E-state index >= 15 is 0 Å². The van der Waals surface area contributed by atoms with Gasteiger partial charge in [0.05, 0.1) is 22.3 Å². The van der Waals surface area contributed by atoms with Crippen molar-refractivity contribution in [2.45, 2.75) is 32.5 Å². The molecular weight excluding hydrogens is 432 g/mol. The van der Waals surface area contributed by atoms with Crippen molar-refractivity contribution >= 4 is 28.0 Å². The number of halogens is 4. The topological polar surface area (TPSA) is 94.2 Å². The Morgan fingerprint density at radius 1 is 1.19 bits per heavy atom. The number of nitrogens with zero attached hydrogens (tertiary/aromatic N) is 5. The van der Waals surface area contributed by atoms with Crippen LogP contribution in [-0.4, -0.2) is 30.3 Å². The maximum absolute atomic E-state index is 14.7. The molecule has 0 fully saturated rings. The van der Waals surface area contributed by atoms with Gasteiger partial charge in [0.15, 0.2) is 5.65 Å². The molecule has 0 aliphatic rings. The molecule has 1 N–H and O–H groups in total. The Morgan fingerprint density at radius 3 is 2.62 bits per heavy atom. The second-order valence-electron chi connectivity index (χ2n) is 7.41. The lowest BCUT2D eigenvalue weighted by molar-refractivity contribution is -0.139. The van der Waals surface area contributed by atoms with Crippen LogP contribution in [0.15, 0.2) is 41.6 Å². The largest absolute Gasteiger partial charge is 0.419 e. The molecule has 1 amide bonds. The molecule has 0 unspecified atom stereocenters. The third kappa shape index (κ3) is 3.79. The van der Waals surface area contributed by atoms with Crippen LogP contribution in [0, 0.1) is 5.82 Å². The summed E-state index contributed by atoms with van der Waals surface area (Å²) in [6.45, 7) is 2.69. The number of carbonyl (C=O) groups excluding carboxylic acids is 1. The van der Waals surface area contributed by atoms with Crippen LogP contribution < -0.4 is 10.9 Å². The highest BCUT2D eigenvalue weighted by molar-refractivity contribution is 5.91. The molecule has 0 aliphatic carbocycles.